The van der Waals surface area contributed by atoms with Gasteiger partial charge < -0.3 is 29.2 Å². The van der Waals surface area contributed by atoms with Crippen LogP contribution in [0.25, 0.3) is 6.08 Å². The van der Waals surface area contributed by atoms with Crippen molar-refractivity contribution >= 4 is 23.9 Å². The lowest BCUT2D eigenvalue weighted by atomic mass is 10.2. The number of carbonyl (C=O) groups is 3. The molecule has 0 saturated heterocycles. The first kappa shape index (κ1) is 27.2. The summed E-state index contributed by atoms with van der Waals surface area (Å²) in [5.41, 5.74) is 1.64. The molecule has 9 nitrogen and oxygen atoms in total. The molecule has 0 unspecified atom stereocenters. The Balaban J connectivity index is 1.84. The Morgan fingerprint density at radius 1 is 0.971 bits per heavy atom. The molecule has 0 aromatic heterocycles. The van der Waals surface area contributed by atoms with E-state index < -0.39 is 24.5 Å². The minimum Gasteiger partial charge on any atom is -0.497 e. The van der Waals surface area contributed by atoms with Crippen molar-refractivity contribution < 1.29 is 33.3 Å². The largest absolute Gasteiger partial charge is 0.497 e. The monoisotopic (exact) mass is 484 g/mol. The highest BCUT2D eigenvalue weighted by molar-refractivity contribution is 5.94. The summed E-state index contributed by atoms with van der Waals surface area (Å²) in [5.74, 6) is 0.350. The third-order valence-electron chi connectivity index (χ3n) is 5.15. The number of carbonyl (C=O) groups excluding carboxylic acids is 3. The molecular formula is C26H32N2O7. The molecule has 1 atom stereocenters. The molecule has 188 valence electrons. The number of amides is 2. The van der Waals surface area contributed by atoms with Crippen LogP contribution in [0.15, 0.2) is 48.5 Å². The second-order valence-corrected chi connectivity index (χ2v) is 7.54. The average molecular weight is 485 g/mol. The first-order valence-electron chi connectivity index (χ1n) is 11.1. The molecule has 0 aliphatic carbocycles. The predicted octanol–water partition coefficient (Wildman–Crippen LogP) is 2.82. The molecule has 0 heterocycles. The van der Waals surface area contributed by atoms with Crippen LogP contribution in [0, 0.1) is 0 Å². The zero-order valence-electron chi connectivity index (χ0n) is 20.7. The highest BCUT2D eigenvalue weighted by Crippen LogP contribution is 2.28. The molecule has 35 heavy (non-hydrogen) atoms. The first-order valence-corrected chi connectivity index (χ1v) is 11.1. The van der Waals surface area contributed by atoms with Crippen LogP contribution in [0.1, 0.15) is 25.0 Å². The van der Waals surface area contributed by atoms with Gasteiger partial charge in [-0.1, -0.05) is 18.2 Å². The molecule has 1 N–H and O–H groups in total. The molecule has 0 aliphatic heterocycles. The van der Waals surface area contributed by atoms with Crippen molar-refractivity contribution in [3.05, 3.63) is 59.7 Å². The second-order valence-electron chi connectivity index (χ2n) is 7.54. The number of rotatable bonds is 12. The third kappa shape index (κ3) is 8.37. The Kier molecular flexibility index (Phi) is 10.6. The summed E-state index contributed by atoms with van der Waals surface area (Å²) in [4.78, 5) is 38.5. The van der Waals surface area contributed by atoms with E-state index in [4.69, 9.17) is 18.9 Å². The summed E-state index contributed by atoms with van der Waals surface area (Å²) in [7, 11) is 4.66. The van der Waals surface area contributed by atoms with Gasteiger partial charge in [-0.15, -0.1) is 0 Å². The lowest BCUT2D eigenvalue weighted by Gasteiger charge is -2.22. The van der Waals surface area contributed by atoms with Crippen LogP contribution in [0.5, 0.6) is 17.2 Å². The lowest BCUT2D eigenvalue weighted by Crippen LogP contribution is -2.41. The van der Waals surface area contributed by atoms with Gasteiger partial charge in [0.1, 0.15) is 11.8 Å². The summed E-state index contributed by atoms with van der Waals surface area (Å²) in [5, 5.41) is 2.53. The van der Waals surface area contributed by atoms with Crippen LogP contribution in [0.3, 0.4) is 0 Å². The molecular weight excluding hydrogens is 452 g/mol. The minimum atomic E-state index is -0.920. The van der Waals surface area contributed by atoms with Crippen molar-refractivity contribution in [3.8, 4) is 17.2 Å². The molecule has 0 aliphatic rings. The Labute approximate surface area is 205 Å². The molecule has 9 heteroatoms. The van der Waals surface area contributed by atoms with Gasteiger partial charge in [-0.3, -0.25) is 9.59 Å². The Bertz CT molecular complexity index is 1030. The topological polar surface area (TPSA) is 103 Å². The van der Waals surface area contributed by atoms with E-state index in [1.165, 1.54) is 13.0 Å². The molecule has 2 amide bonds. The quantitative estimate of drug-likeness (QED) is 0.365. The van der Waals surface area contributed by atoms with Gasteiger partial charge in [0.05, 0.1) is 21.3 Å². The van der Waals surface area contributed by atoms with Gasteiger partial charge in [-0.05, 0) is 55.3 Å². The number of benzene rings is 2. The van der Waals surface area contributed by atoms with Gasteiger partial charge in [0.15, 0.2) is 18.1 Å². The molecule has 0 spiro atoms. The number of nitrogens with one attached hydrogen (secondary N) is 1. The van der Waals surface area contributed by atoms with Crippen molar-refractivity contribution in [1.29, 1.82) is 0 Å². The maximum absolute atomic E-state index is 12.6. The van der Waals surface area contributed by atoms with E-state index in [1.807, 2.05) is 13.0 Å². The van der Waals surface area contributed by atoms with Gasteiger partial charge >= 0.3 is 5.97 Å². The molecule has 2 aromatic carbocycles. The number of nitrogens with zero attached hydrogens (tertiary/aromatic N) is 1. The SMILES string of the molecule is CCN(Cc1ccc(OC)c(OC)c1)C(=O)COC(=O)[C@H](C)NC(=O)/C=C/c1ccc(OC)cc1. The van der Waals surface area contributed by atoms with E-state index in [-0.39, 0.29) is 5.91 Å². The Morgan fingerprint density at radius 3 is 2.26 bits per heavy atom. The van der Waals surface area contributed by atoms with Crippen molar-refractivity contribution in [1.82, 2.24) is 10.2 Å². The van der Waals surface area contributed by atoms with Crippen molar-refractivity contribution in [2.24, 2.45) is 0 Å². The predicted molar refractivity (Wildman–Crippen MR) is 131 cm³/mol. The molecule has 0 radical (unpaired) electrons. The van der Waals surface area contributed by atoms with E-state index in [0.717, 1.165) is 11.1 Å². The van der Waals surface area contributed by atoms with Crippen LogP contribution >= 0.6 is 0 Å². The van der Waals surface area contributed by atoms with E-state index in [0.29, 0.717) is 30.3 Å². The zero-order chi connectivity index (χ0) is 25.8. The highest BCUT2D eigenvalue weighted by Gasteiger charge is 2.20. The number of hydrogen-bond donors (Lipinski definition) is 1. The van der Waals surface area contributed by atoms with E-state index in [9.17, 15) is 14.4 Å². The standard InChI is InChI=1S/C26H32N2O7/c1-6-28(16-20-9-13-22(33-4)23(15-20)34-5)25(30)17-35-26(31)18(2)27-24(29)14-10-19-7-11-21(32-3)12-8-19/h7-15,18H,6,16-17H2,1-5H3,(H,27,29)/b14-10+/t18-/m0/s1. The number of likely N-dealkylation sites (N-methyl/N-ethyl adjacent to an activating group) is 1. The van der Waals surface area contributed by atoms with Crippen LogP contribution in [0.2, 0.25) is 0 Å². The minimum absolute atomic E-state index is 0.315. The molecule has 2 rings (SSSR count). The smallest absolute Gasteiger partial charge is 0.328 e. The number of methoxy groups -OCH3 is 3. The zero-order valence-corrected chi connectivity index (χ0v) is 20.7. The van der Waals surface area contributed by atoms with Crippen LogP contribution in [-0.2, 0) is 25.7 Å². The molecule has 0 fully saturated rings. The fourth-order valence-electron chi connectivity index (χ4n) is 3.13. The Morgan fingerprint density at radius 2 is 1.66 bits per heavy atom. The summed E-state index contributed by atoms with van der Waals surface area (Å²) in [6.07, 6.45) is 2.93. The van der Waals surface area contributed by atoms with E-state index in [1.54, 1.807) is 68.7 Å². The summed E-state index contributed by atoms with van der Waals surface area (Å²) >= 11 is 0. The third-order valence-corrected chi connectivity index (χ3v) is 5.15. The van der Waals surface area contributed by atoms with Crippen LogP contribution in [0.4, 0.5) is 0 Å². The van der Waals surface area contributed by atoms with Crippen molar-refractivity contribution in [2.75, 3.05) is 34.5 Å². The van der Waals surface area contributed by atoms with Gasteiger partial charge in [0.25, 0.3) is 5.91 Å². The van der Waals surface area contributed by atoms with Gasteiger partial charge in [-0.2, -0.15) is 0 Å². The summed E-state index contributed by atoms with van der Waals surface area (Å²) in [6.45, 7) is 3.64. The normalized spacial score (nSPS) is 11.5. The van der Waals surface area contributed by atoms with E-state index in [2.05, 4.69) is 5.32 Å². The maximum Gasteiger partial charge on any atom is 0.328 e. The fourth-order valence-corrected chi connectivity index (χ4v) is 3.13. The molecule has 2 aromatic rings. The molecule has 0 saturated carbocycles. The number of hydrogen-bond acceptors (Lipinski definition) is 7. The average Bonchev–Trinajstić information content (AvgIpc) is 2.88. The summed E-state index contributed by atoms with van der Waals surface area (Å²) < 4.78 is 20.7. The number of esters is 1. The maximum atomic E-state index is 12.6. The summed E-state index contributed by atoms with van der Waals surface area (Å²) in [6, 6.07) is 11.6. The number of ether oxygens (including phenoxy) is 4. The molecule has 0 bridgehead atoms. The first-order chi connectivity index (χ1) is 16.8. The Hall–Kier alpha value is -4.01. The lowest BCUT2D eigenvalue weighted by molar-refractivity contribution is -0.154. The van der Waals surface area contributed by atoms with Crippen LogP contribution in [-0.4, -0.2) is 63.2 Å². The van der Waals surface area contributed by atoms with Crippen LogP contribution < -0.4 is 19.5 Å². The van der Waals surface area contributed by atoms with E-state index >= 15 is 0 Å². The van der Waals surface area contributed by atoms with Gasteiger partial charge in [-0.25, -0.2) is 4.79 Å². The van der Waals surface area contributed by atoms with Gasteiger partial charge in [0.2, 0.25) is 5.91 Å². The van der Waals surface area contributed by atoms with Crippen molar-refractivity contribution in [2.45, 2.75) is 26.4 Å². The fraction of sp³-hybridized carbons (Fsp3) is 0.346. The second kappa shape index (κ2) is 13.6. The highest BCUT2D eigenvalue weighted by atomic mass is 16.5. The van der Waals surface area contributed by atoms with Gasteiger partial charge in [0, 0.05) is 19.2 Å². The van der Waals surface area contributed by atoms with Crippen molar-refractivity contribution in [3.63, 3.8) is 0 Å².